The molecule has 0 spiro atoms. The van der Waals surface area contributed by atoms with E-state index < -0.39 is 0 Å². The Labute approximate surface area is 63.2 Å². The van der Waals surface area contributed by atoms with Crippen LogP contribution >= 0.6 is 0 Å². The first-order valence-electron chi connectivity index (χ1n) is 4.01. The van der Waals surface area contributed by atoms with Crippen LogP contribution < -0.4 is 0 Å². The summed E-state index contributed by atoms with van der Waals surface area (Å²) >= 11 is 0. The van der Waals surface area contributed by atoms with Crippen LogP contribution in [-0.2, 0) is 4.79 Å². The average molecular weight is 143 g/mol. The van der Waals surface area contributed by atoms with Crippen molar-refractivity contribution < 1.29 is 4.79 Å². The topological polar surface area (TPSA) is 20.3 Å². The molecule has 0 rings (SSSR count). The molecule has 0 aromatic carbocycles. The van der Waals surface area contributed by atoms with Gasteiger partial charge in [0, 0.05) is 0 Å². The van der Waals surface area contributed by atoms with Crippen LogP contribution in [0.5, 0.6) is 0 Å². The highest BCUT2D eigenvalue weighted by Crippen LogP contribution is 1.92. The van der Waals surface area contributed by atoms with E-state index in [2.05, 4.69) is 18.7 Å². The highest BCUT2D eigenvalue weighted by molar-refractivity contribution is 5.51. The number of aldehydes is 1. The maximum atomic E-state index is 10.1. The van der Waals surface area contributed by atoms with E-state index in [0.29, 0.717) is 6.54 Å². The van der Waals surface area contributed by atoms with Gasteiger partial charge in [0.1, 0.15) is 6.29 Å². The Balaban J connectivity index is 3.29. The third-order valence-electron chi connectivity index (χ3n) is 1.61. The molecule has 0 bridgehead atoms. The van der Waals surface area contributed by atoms with Crippen molar-refractivity contribution in [2.75, 3.05) is 19.6 Å². The number of carbonyl (C=O) groups excluding carboxylic acids is 1. The number of hydrogen-bond donors (Lipinski definition) is 0. The van der Waals surface area contributed by atoms with Gasteiger partial charge in [0.2, 0.25) is 0 Å². The van der Waals surface area contributed by atoms with Crippen LogP contribution in [0.15, 0.2) is 0 Å². The third kappa shape index (κ3) is 4.50. The molecule has 0 atom stereocenters. The van der Waals surface area contributed by atoms with Crippen molar-refractivity contribution in [3.8, 4) is 0 Å². The normalized spacial score (nSPS) is 10.3. The van der Waals surface area contributed by atoms with Crippen LogP contribution in [0.3, 0.4) is 0 Å². The second kappa shape index (κ2) is 6.75. The first-order valence-corrected chi connectivity index (χ1v) is 4.01. The second-order valence-corrected chi connectivity index (χ2v) is 2.41. The van der Waals surface area contributed by atoms with E-state index in [1.165, 1.54) is 12.8 Å². The van der Waals surface area contributed by atoms with Crippen molar-refractivity contribution in [3.05, 3.63) is 0 Å². The molecule has 0 fully saturated rings. The Morgan fingerprint density at radius 3 is 2.50 bits per heavy atom. The molecule has 0 aliphatic carbocycles. The predicted octanol–water partition coefficient (Wildman–Crippen LogP) is 1.31. The van der Waals surface area contributed by atoms with Gasteiger partial charge in [0.25, 0.3) is 0 Å². The lowest BCUT2D eigenvalue weighted by Gasteiger charge is -2.15. The molecular weight excluding hydrogens is 126 g/mol. The van der Waals surface area contributed by atoms with Crippen LogP contribution in [0.4, 0.5) is 0 Å². The fourth-order valence-corrected chi connectivity index (χ4v) is 0.866. The summed E-state index contributed by atoms with van der Waals surface area (Å²) in [6.45, 7) is 6.88. The molecule has 0 unspecified atom stereocenters. The van der Waals surface area contributed by atoms with Crippen LogP contribution in [0.2, 0.25) is 0 Å². The molecule has 0 aliphatic rings. The van der Waals surface area contributed by atoms with Gasteiger partial charge in [-0.2, -0.15) is 0 Å². The van der Waals surface area contributed by atoms with Crippen LogP contribution in [0, 0.1) is 0 Å². The van der Waals surface area contributed by atoms with Gasteiger partial charge in [-0.3, -0.25) is 4.90 Å². The SMILES string of the molecule is CCCCN(CC)CC=O. The van der Waals surface area contributed by atoms with E-state index in [1.54, 1.807) is 0 Å². The van der Waals surface area contributed by atoms with Gasteiger partial charge in [0.15, 0.2) is 0 Å². The quantitative estimate of drug-likeness (QED) is 0.522. The Kier molecular flexibility index (Phi) is 6.50. The monoisotopic (exact) mass is 143 g/mol. The summed E-state index contributed by atoms with van der Waals surface area (Å²) in [5.74, 6) is 0. The van der Waals surface area contributed by atoms with Crippen LogP contribution in [0.1, 0.15) is 26.7 Å². The molecule has 0 saturated carbocycles. The number of hydrogen-bond acceptors (Lipinski definition) is 2. The van der Waals surface area contributed by atoms with E-state index in [4.69, 9.17) is 0 Å². The first kappa shape index (κ1) is 9.63. The van der Waals surface area contributed by atoms with Gasteiger partial charge in [-0.05, 0) is 19.5 Å². The molecule has 0 aliphatic heterocycles. The fraction of sp³-hybridized carbons (Fsp3) is 0.875. The minimum Gasteiger partial charge on any atom is -0.302 e. The molecule has 0 aromatic heterocycles. The maximum Gasteiger partial charge on any atom is 0.133 e. The zero-order chi connectivity index (χ0) is 7.82. The number of carbonyl (C=O) groups is 1. The Morgan fingerprint density at radius 1 is 1.40 bits per heavy atom. The predicted molar refractivity (Wildman–Crippen MR) is 43.1 cm³/mol. The molecule has 2 nitrogen and oxygen atoms in total. The third-order valence-corrected chi connectivity index (χ3v) is 1.61. The van der Waals surface area contributed by atoms with E-state index in [0.717, 1.165) is 19.4 Å². The largest absolute Gasteiger partial charge is 0.302 e. The van der Waals surface area contributed by atoms with E-state index in [1.807, 2.05) is 0 Å². The maximum absolute atomic E-state index is 10.1. The highest BCUT2D eigenvalue weighted by Gasteiger charge is 1.97. The molecule has 2 heteroatoms. The smallest absolute Gasteiger partial charge is 0.133 e. The van der Waals surface area contributed by atoms with Gasteiger partial charge in [-0.1, -0.05) is 20.3 Å². The molecule has 0 N–H and O–H groups in total. The summed E-state index contributed by atoms with van der Waals surface area (Å²) in [6.07, 6.45) is 3.37. The molecule has 0 heterocycles. The van der Waals surface area contributed by atoms with Crippen molar-refractivity contribution in [3.63, 3.8) is 0 Å². The Bertz CT molecular complexity index is 83.3. The molecule has 0 saturated heterocycles. The van der Waals surface area contributed by atoms with Gasteiger partial charge < -0.3 is 4.79 Å². The molecule has 0 amide bonds. The standard InChI is InChI=1S/C8H17NO/c1-3-5-6-9(4-2)7-8-10/h8H,3-7H2,1-2H3. The first-order chi connectivity index (χ1) is 4.85. The minimum atomic E-state index is 0.594. The zero-order valence-electron chi connectivity index (χ0n) is 6.97. The lowest BCUT2D eigenvalue weighted by molar-refractivity contribution is -0.108. The lowest BCUT2D eigenvalue weighted by atomic mass is 10.3. The van der Waals surface area contributed by atoms with Gasteiger partial charge >= 0.3 is 0 Å². The Morgan fingerprint density at radius 2 is 2.10 bits per heavy atom. The molecule has 60 valence electrons. The van der Waals surface area contributed by atoms with Crippen molar-refractivity contribution >= 4 is 6.29 Å². The highest BCUT2D eigenvalue weighted by atomic mass is 16.1. The molecule has 0 aromatic rings. The van der Waals surface area contributed by atoms with Crippen molar-refractivity contribution in [1.29, 1.82) is 0 Å². The number of rotatable bonds is 6. The summed E-state index contributed by atoms with van der Waals surface area (Å²) in [5.41, 5.74) is 0. The molecule has 10 heavy (non-hydrogen) atoms. The van der Waals surface area contributed by atoms with Gasteiger partial charge in [0.05, 0.1) is 6.54 Å². The van der Waals surface area contributed by atoms with Crippen LogP contribution in [0.25, 0.3) is 0 Å². The summed E-state index contributed by atoms with van der Waals surface area (Å²) in [4.78, 5) is 12.2. The lowest BCUT2D eigenvalue weighted by Crippen LogP contribution is -2.26. The summed E-state index contributed by atoms with van der Waals surface area (Å²) < 4.78 is 0. The average Bonchev–Trinajstić information content (AvgIpc) is 1.98. The van der Waals surface area contributed by atoms with Crippen molar-refractivity contribution in [2.24, 2.45) is 0 Å². The fourth-order valence-electron chi connectivity index (χ4n) is 0.866. The van der Waals surface area contributed by atoms with Gasteiger partial charge in [-0.25, -0.2) is 0 Å². The Hall–Kier alpha value is -0.370. The summed E-state index contributed by atoms with van der Waals surface area (Å²) in [7, 11) is 0. The zero-order valence-corrected chi connectivity index (χ0v) is 6.97. The summed E-state index contributed by atoms with van der Waals surface area (Å²) in [6, 6.07) is 0. The van der Waals surface area contributed by atoms with E-state index in [9.17, 15) is 4.79 Å². The number of likely N-dealkylation sites (N-methyl/N-ethyl adjacent to an activating group) is 1. The van der Waals surface area contributed by atoms with E-state index in [-0.39, 0.29) is 0 Å². The molecule has 0 radical (unpaired) electrons. The number of unbranched alkanes of at least 4 members (excludes halogenated alkanes) is 1. The minimum absolute atomic E-state index is 0.594. The second-order valence-electron chi connectivity index (χ2n) is 2.41. The van der Waals surface area contributed by atoms with Gasteiger partial charge in [-0.15, -0.1) is 0 Å². The summed E-state index contributed by atoms with van der Waals surface area (Å²) in [5, 5.41) is 0. The van der Waals surface area contributed by atoms with Crippen molar-refractivity contribution in [1.82, 2.24) is 4.90 Å². The number of nitrogens with zero attached hydrogens (tertiary/aromatic N) is 1. The van der Waals surface area contributed by atoms with Crippen molar-refractivity contribution in [2.45, 2.75) is 26.7 Å². The van der Waals surface area contributed by atoms with Crippen LogP contribution in [-0.4, -0.2) is 30.8 Å². The molecular formula is C8H17NO. The van der Waals surface area contributed by atoms with E-state index >= 15 is 0 Å².